The van der Waals surface area contributed by atoms with Gasteiger partial charge in [0, 0.05) is 14.2 Å². The van der Waals surface area contributed by atoms with E-state index >= 15 is 0 Å². The molecule has 0 N–H and O–H groups in total. The van der Waals surface area contributed by atoms with Gasteiger partial charge in [0.05, 0.1) is 13.2 Å². The first kappa shape index (κ1) is 10.9. The highest BCUT2D eigenvalue weighted by atomic mass is 32.3. The maximum Gasteiger partial charge on any atom is 0.400 e. The van der Waals surface area contributed by atoms with E-state index in [0.717, 1.165) is 0 Å². The van der Waals surface area contributed by atoms with E-state index < -0.39 is 22.6 Å². The molecule has 0 aromatic carbocycles. The van der Waals surface area contributed by atoms with Gasteiger partial charge in [-0.25, -0.2) is 8.37 Å². The fourth-order valence-electron chi connectivity index (χ4n) is 1.05. The number of rotatable bonds is 4. The highest BCUT2D eigenvalue weighted by molar-refractivity contribution is 7.82. The molecule has 0 aliphatic carbocycles. The molecule has 0 radical (unpaired) electrons. The van der Waals surface area contributed by atoms with Crippen LogP contribution >= 0.6 is 0 Å². The summed E-state index contributed by atoms with van der Waals surface area (Å²) in [6.45, 7) is 0.320. The molecule has 13 heavy (non-hydrogen) atoms. The highest BCUT2D eigenvalue weighted by Gasteiger charge is 2.39. The number of methoxy groups -OCH3 is 2. The summed E-state index contributed by atoms with van der Waals surface area (Å²) in [7, 11) is -0.936. The van der Waals surface area contributed by atoms with Crippen LogP contribution in [0.15, 0.2) is 0 Å². The smallest absolute Gasteiger partial charge is 0.382 e. The van der Waals surface area contributed by atoms with Gasteiger partial charge in [-0.1, -0.05) is 0 Å². The van der Waals surface area contributed by atoms with Crippen LogP contribution in [-0.2, 0) is 28.2 Å². The molecule has 0 spiro atoms. The average molecular weight is 212 g/mol. The molecule has 1 fully saturated rings. The molecule has 1 aliphatic rings. The van der Waals surface area contributed by atoms with E-state index in [2.05, 4.69) is 8.37 Å². The van der Waals surface area contributed by atoms with E-state index in [4.69, 9.17) is 9.47 Å². The molecule has 0 bridgehead atoms. The third-order valence-corrected chi connectivity index (χ3v) is 2.53. The van der Waals surface area contributed by atoms with Crippen molar-refractivity contribution in [1.29, 1.82) is 0 Å². The van der Waals surface area contributed by atoms with Crippen molar-refractivity contribution < 1.29 is 26.3 Å². The first-order valence-electron chi connectivity index (χ1n) is 3.68. The van der Waals surface area contributed by atoms with Crippen LogP contribution in [0.4, 0.5) is 0 Å². The quantitative estimate of drug-likeness (QED) is 0.614. The lowest BCUT2D eigenvalue weighted by molar-refractivity contribution is 0.0219. The lowest BCUT2D eigenvalue weighted by Crippen LogP contribution is -2.30. The van der Waals surface area contributed by atoms with E-state index in [0.29, 0.717) is 0 Å². The van der Waals surface area contributed by atoms with Crippen LogP contribution in [0.2, 0.25) is 0 Å². The molecule has 2 atom stereocenters. The van der Waals surface area contributed by atoms with Crippen LogP contribution in [0.3, 0.4) is 0 Å². The Morgan fingerprint density at radius 2 is 1.46 bits per heavy atom. The second kappa shape index (κ2) is 4.34. The second-order valence-corrected chi connectivity index (χ2v) is 3.79. The van der Waals surface area contributed by atoms with Gasteiger partial charge in [0.25, 0.3) is 0 Å². The van der Waals surface area contributed by atoms with E-state index in [1.807, 2.05) is 0 Å². The van der Waals surface area contributed by atoms with Crippen molar-refractivity contribution >= 4 is 10.4 Å². The van der Waals surface area contributed by atoms with Crippen LogP contribution in [0.25, 0.3) is 0 Å². The maximum absolute atomic E-state index is 10.8. The van der Waals surface area contributed by atoms with E-state index in [1.54, 1.807) is 0 Å². The number of hydrogen-bond donors (Lipinski definition) is 0. The summed E-state index contributed by atoms with van der Waals surface area (Å²) in [5, 5.41) is 0. The largest absolute Gasteiger partial charge is 0.400 e. The van der Waals surface area contributed by atoms with Crippen molar-refractivity contribution in [2.24, 2.45) is 0 Å². The fourth-order valence-corrected chi connectivity index (χ4v) is 2.06. The Labute approximate surface area is 77.1 Å². The zero-order chi connectivity index (χ0) is 9.90. The summed E-state index contributed by atoms with van der Waals surface area (Å²) < 4.78 is 40.4. The van der Waals surface area contributed by atoms with Crippen molar-refractivity contribution in [3.05, 3.63) is 0 Å². The SMILES string of the molecule is COCC1OS(=O)(=O)OC1COC. The molecule has 0 amide bonds. The summed E-state index contributed by atoms with van der Waals surface area (Å²) in [6, 6.07) is 0. The standard InChI is InChI=1S/C6H12O6S/c1-9-3-5-6(4-10-2)12-13(7,8)11-5/h5-6H,3-4H2,1-2H3. The van der Waals surface area contributed by atoms with Crippen LogP contribution < -0.4 is 0 Å². The van der Waals surface area contributed by atoms with Crippen molar-refractivity contribution in [2.75, 3.05) is 27.4 Å². The van der Waals surface area contributed by atoms with Gasteiger partial charge in [-0.15, -0.1) is 0 Å². The third kappa shape index (κ3) is 2.89. The van der Waals surface area contributed by atoms with Crippen LogP contribution in [-0.4, -0.2) is 48.1 Å². The van der Waals surface area contributed by atoms with Gasteiger partial charge in [0.2, 0.25) is 0 Å². The van der Waals surface area contributed by atoms with Crippen molar-refractivity contribution in [1.82, 2.24) is 0 Å². The first-order valence-corrected chi connectivity index (χ1v) is 5.02. The van der Waals surface area contributed by atoms with Crippen molar-refractivity contribution in [2.45, 2.75) is 12.2 Å². The van der Waals surface area contributed by atoms with Crippen molar-refractivity contribution in [3.8, 4) is 0 Å². The Balaban J connectivity index is 2.60. The Morgan fingerprint density at radius 3 is 1.77 bits per heavy atom. The Kier molecular flexibility index (Phi) is 3.63. The summed E-state index contributed by atoms with van der Waals surface area (Å²) in [5.41, 5.74) is 0. The molecule has 0 aromatic heterocycles. The molecule has 2 unspecified atom stereocenters. The highest BCUT2D eigenvalue weighted by Crippen LogP contribution is 2.20. The lowest BCUT2D eigenvalue weighted by Gasteiger charge is -2.11. The molecule has 6 nitrogen and oxygen atoms in total. The minimum absolute atomic E-state index is 0.160. The normalized spacial score (nSPS) is 32.2. The summed E-state index contributed by atoms with van der Waals surface area (Å²) in [5.74, 6) is 0. The van der Waals surface area contributed by atoms with Crippen LogP contribution in [0.1, 0.15) is 0 Å². The third-order valence-electron chi connectivity index (χ3n) is 1.56. The van der Waals surface area contributed by atoms with Gasteiger partial charge < -0.3 is 9.47 Å². The topological polar surface area (TPSA) is 71.1 Å². The van der Waals surface area contributed by atoms with Gasteiger partial charge in [-0.05, 0) is 0 Å². The van der Waals surface area contributed by atoms with Gasteiger partial charge in [0.1, 0.15) is 12.2 Å². The minimum Gasteiger partial charge on any atom is -0.382 e. The van der Waals surface area contributed by atoms with E-state index in [1.165, 1.54) is 14.2 Å². The lowest BCUT2D eigenvalue weighted by atomic mass is 10.2. The molecule has 78 valence electrons. The Bertz CT molecular complexity index is 228. The molecule has 0 aromatic rings. The number of ether oxygens (including phenoxy) is 2. The average Bonchev–Trinajstić information content (AvgIpc) is 2.28. The van der Waals surface area contributed by atoms with E-state index in [-0.39, 0.29) is 13.2 Å². The molecule has 7 heteroatoms. The minimum atomic E-state index is -3.85. The first-order chi connectivity index (χ1) is 6.09. The predicted octanol–water partition coefficient (Wildman–Crippen LogP) is -0.692. The molecular formula is C6H12O6S. The summed E-state index contributed by atoms with van der Waals surface area (Å²) in [4.78, 5) is 0. The molecule has 1 aliphatic heterocycles. The predicted molar refractivity (Wildman–Crippen MR) is 42.4 cm³/mol. The van der Waals surface area contributed by atoms with E-state index in [9.17, 15) is 8.42 Å². The van der Waals surface area contributed by atoms with Gasteiger partial charge >= 0.3 is 10.4 Å². The monoisotopic (exact) mass is 212 g/mol. The molecular weight excluding hydrogens is 200 g/mol. The maximum atomic E-state index is 10.8. The summed E-state index contributed by atoms with van der Waals surface area (Å²) in [6.07, 6.45) is -1.23. The summed E-state index contributed by atoms with van der Waals surface area (Å²) >= 11 is 0. The molecule has 1 saturated heterocycles. The van der Waals surface area contributed by atoms with Crippen molar-refractivity contribution in [3.63, 3.8) is 0 Å². The van der Waals surface area contributed by atoms with Gasteiger partial charge in [0.15, 0.2) is 0 Å². The molecule has 0 saturated carbocycles. The Morgan fingerprint density at radius 1 is 1.08 bits per heavy atom. The zero-order valence-electron chi connectivity index (χ0n) is 7.43. The molecule has 1 rings (SSSR count). The van der Waals surface area contributed by atoms with Gasteiger partial charge in [-0.2, -0.15) is 8.42 Å². The zero-order valence-corrected chi connectivity index (χ0v) is 8.24. The van der Waals surface area contributed by atoms with Crippen LogP contribution in [0.5, 0.6) is 0 Å². The fraction of sp³-hybridized carbons (Fsp3) is 1.00. The molecule has 1 heterocycles. The van der Waals surface area contributed by atoms with Gasteiger partial charge in [-0.3, -0.25) is 0 Å². The number of hydrogen-bond acceptors (Lipinski definition) is 6. The Hall–Kier alpha value is -0.210. The van der Waals surface area contributed by atoms with Crippen LogP contribution in [0, 0.1) is 0 Å². The second-order valence-electron chi connectivity index (χ2n) is 2.59.